The average molecular weight is 828 g/mol. The van der Waals surface area contributed by atoms with Crippen molar-refractivity contribution < 1.29 is 42.7 Å². The average Bonchev–Trinajstić information content (AvgIpc) is 3.19. The van der Waals surface area contributed by atoms with Crippen molar-refractivity contribution in [2.24, 2.45) is 5.73 Å². The molecule has 0 amide bonds. The first kappa shape index (κ1) is 55.2. The highest BCUT2D eigenvalue weighted by Crippen LogP contribution is 2.43. The number of carbonyl (C=O) groups is 2. The number of nitrogens with two attached hydrogens (primary N) is 1. The van der Waals surface area contributed by atoms with Crippen LogP contribution in [0.1, 0.15) is 206 Å². The summed E-state index contributed by atoms with van der Waals surface area (Å²) in [5.41, 5.74) is 5.36. The number of unbranched alkanes of at least 4 members (excludes halogenated alkanes) is 24. The summed E-state index contributed by atoms with van der Waals surface area (Å²) in [5, 5.41) is 8.90. The second-order valence-corrected chi connectivity index (χ2v) is 17.0. The van der Waals surface area contributed by atoms with Gasteiger partial charge in [0.25, 0.3) is 0 Å². The van der Waals surface area contributed by atoms with Crippen LogP contribution < -0.4 is 5.73 Å². The Balaban J connectivity index is 4.22. The Bertz CT molecular complexity index is 1050. The second-order valence-electron chi connectivity index (χ2n) is 15.5. The van der Waals surface area contributed by atoms with Gasteiger partial charge in [-0.2, -0.15) is 0 Å². The number of rotatable bonds is 44. The van der Waals surface area contributed by atoms with Crippen LogP contribution in [0.15, 0.2) is 36.5 Å². The van der Waals surface area contributed by atoms with Crippen molar-refractivity contribution in [2.45, 2.75) is 219 Å². The van der Waals surface area contributed by atoms with E-state index in [1.165, 1.54) is 128 Å². The lowest BCUT2D eigenvalue weighted by molar-refractivity contribution is -0.154. The third-order valence-electron chi connectivity index (χ3n) is 9.89. The predicted molar refractivity (Wildman–Crippen MR) is 235 cm³/mol. The molecule has 4 N–H and O–H groups in total. The van der Waals surface area contributed by atoms with E-state index >= 15 is 0 Å². The minimum Gasteiger partial charge on any atom is -0.480 e. The van der Waals surface area contributed by atoms with Gasteiger partial charge in [-0.25, -0.2) is 4.57 Å². The molecule has 334 valence electrons. The fraction of sp³-hybridized carbons (Fsp3) is 0.826. The van der Waals surface area contributed by atoms with Crippen molar-refractivity contribution in [2.75, 3.05) is 26.4 Å². The molecule has 0 aromatic carbocycles. The summed E-state index contributed by atoms with van der Waals surface area (Å²) in [7, 11) is -4.62. The summed E-state index contributed by atoms with van der Waals surface area (Å²) < 4.78 is 33.4. The van der Waals surface area contributed by atoms with E-state index in [1.807, 2.05) is 0 Å². The monoisotopic (exact) mass is 828 g/mol. The van der Waals surface area contributed by atoms with Crippen LogP contribution in [0.25, 0.3) is 0 Å². The molecule has 0 bridgehead atoms. The highest BCUT2D eigenvalue weighted by atomic mass is 31.2. The normalized spacial score (nSPS) is 14.2. The number of carboxylic acid groups (broad SMARTS) is 1. The summed E-state index contributed by atoms with van der Waals surface area (Å²) in [6, 6.07) is -1.47. The Morgan fingerprint density at radius 1 is 0.561 bits per heavy atom. The zero-order valence-corrected chi connectivity index (χ0v) is 37.3. The molecule has 0 aliphatic carbocycles. The van der Waals surface area contributed by atoms with Gasteiger partial charge in [0.15, 0.2) is 0 Å². The number of hydrogen-bond donors (Lipinski definition) is 3. The first-order valence-corrected chi connectivity index (χ1v) is 24.5. The molecule has 10 nitrogen and oxygen atoms in total. The molecule has 0 saturated carbocycles. The Hall–Kier alpha value is -1.81. The number of carboxylic acids is 1. The highest BCUT2D eigenvalue weighted by molar-refractivity contribution is 7.47. The van der Waals surface area contributed by atoms with E-state index in [0.29, 0.717) is 13.0 Å². The van der Waals surface area contributed by atoms with Crippen molar-refractivity contribution in [3.05, 3.63) is 36.5 Å². The highest BCUT2D eigenvalue weighted by Gasteiger charge is 2.27. The number of carbonyl (C=O) groups excluding carboxylic acids is 1. The molecule has 0 fully saturated rings. The Morgan fingerprint density at radius 2 is 0.965 bits per heavy atom. The van der Waals surface area contributed by atoms with Gasteiger partial charge in [0.05, 0.1) is 19.8 Å². The Morgan fingerprint density at radius 3 is 1.47 bits per heavy atom. The smallest absolute Gasteiger partial charge is 0.472 e. The number of allylic oxidation sites excluding steroid dienone is 6. The molecule has 0 rings (SSSR count). The lowest BCUT2D eigenvalue weighted by atomic mass is 10.1. The summed E-state index contributed by atoms with van der Waals surface area (Å²) in [4.78, 5) is 33.6. The lowest BCUT2D eigenvalue weighted by Gasteiger charge is -2.20. The number of phosphoric ester groups is 1. The zero-order chi connectivity index (χ0) is 41.9. The fourth-order valence-electron chi connectivity index (χ4n) is 6.28. The number of esters is 1. The molecule has 0 aliphatic rings. The summed E-state index contributed by atoms with van der Waals surface area (Å²) >= 11 is 0. The van der Waals surface area contributed by atoms with Crippen molar-refractivity contribution in [3.63, 3.8) is 0 Å². The van der Waals surface area contributed by atoms with Gasteiger partial charge in [-0.05, 0) is 70.6 Å². The Kier molecular flexibility index (Phi) is 41.0. The van der Waals surface area contributed by atoms with E-state index in [9.17, 15) is 19.0 Å². The predicted octanol–water partition coefficient (Wildman–Crippen LogP) is 12.9. The molecular weight excluding hydrogens is 741 g/mol. The first-order chi connectivity index (χ1) is 27.7. The van der Waals surface area contributed by atoms with Crippen molar-refractivity contribution >= 4 is 19.8 Å². The maximum Gasteiger partial charge on any atom is 0.472 e. The summed E-state index contributed by atoms with van der Waals surface area (Å²) in [6.07, 6.45) is 47.6. The molecule has 57 heavy (non-hydrogen) atoms. The molecule has 0 heterocycles. The van der Waals surface area contributed by atoms with Gasteiger partial charge in [0.1, 0.15) is 12.1 Å². The topological polar surface area (TPSA) is 155 Å². The van der Waals surface area contributed by atoms with Crippen LogP contribution in [0.4, 0.5) is 0 Å². The van der Waals surface area contributed by atoms with Gasteiger partial charge in [0, 0.05) is 13.0 Å². The van der Waals surface area contributed by atoms with Crippen LogP contribution >= 0.6 is 7.82 Å². The largest absolute Gasteiger partial charge is 0.480 e. The van der Waals surface area contributed by atoms with Crippen LogP contribution in [0.3, 0.4) is 0 Å². The minimum atomic E-state index is -4.62. The maximum atomic E-state index is 12.6. The van der Waals surface area contributed by atoms with Gasteiger partial charge < -0.3 is 25.2 Å². The fourth-order valence-corrected chi connectivity index (χ4v) is 7.05. The third kappa shape index (κ3) is 42.1. The number of aliphatic carboxylic acids is 1. The maximum absolute atomic E-state index is 12.6. The van der Waals surface area contributed by atoms with Crippen LogP contribution in [-0.2, 0) is 32.7 Å². The number of ether oxygens (including phenoxy) is 2. The quantitative estimate of drug-likeness (QED) is 0.0234. The molecule has 0 aromatic heterocycles. The van der Waals surface area contributed by atoms with E-state index in [1.54, 1.807) is 0 Å². The molecule has 3 unspecified atom stereocenters. The van der Waals surface area contributed by atoms with Crippen molar-refractivity contribution in [1.82, 2.24) is 0 Å². The Labute approximate surface area is 348 Å². The van der Waals surface area contributed by atoms with Gasteiger partial charge >= 0.3 is 19.8 Å². The minimum absolute atomic E-state index is 0.0126. The van der Waals surface area contributed by atoms with Crippen LogP contribution in [-0.4, -0.2) is 60.5 Å². The zero-order valence-electron chi connectivity index (χ0n) is 36.4. The number of phosphoric acid groups is 1. The van der Waals surface area contributed by atoms with Crippen molar-refractivity contribution in [1.29, 1.82) is 0 Å². The third-order valence-corrected chi connectivity index (χ3v) is 10.8. The molecule has 0 aliphatic heterocycles. The van der Waals surface area contributed by atoms with Gasteiger partial charge in [-0.3, -0.25) is 18.6 Å². The van der Waals surface area contributed by atoms with Crippen molar-refractivity contribution in [3.8, 4) is 0 Å². The van der Waals surface area contributed by atoms with E-state index in [2.05, 4.69) is 50.3 Å². The molecule has 0 aromatic rings. The SMILES string of the molecule is CCCCC/C=C\C/C=C\CCCCCCCCCC(=O)OC(COCCCCCCCCCC/C=C\CCCCCCCC)COP(=O)(O)OCC(N)C(=O)O. The van der Waals surface area contributed by atoms with E-state index in [4.69, 9.17) is 29.4 Å². The van der Waals surface area contributed by atoms with Gasteiger partial charge in [-0.1, -0.05) is 166 Å². The molecular formula is C46H86NO9P. The van der Waals surface area contributed by atoms with Crippen LogP contribution in [0.5, 0.6) is 0 Å². The summed E-state index contributed by atoms with van der Waals surface area (Å²) in [6.45, 7) is 3.85. The number of hydrogen-bond acceptors (Lipinski definition) is 8. The second kappa shape index (κ2) is 42.3. The summed E-state index contributed by atoms with van der Waals surface area (Å²) in [5.74, 6) is -1.78. The first-order valence-electron chi connectivity index (χ1n) is 23.0. The lowest BCUT2D eigenvalue weighted by Crippen LogP contribution is -2.34. The standard InChI is InChI=1S/C46H86NO9P/c1-3-5-7-9-11-13-15-17-19-21-23-25-27-29-31-33-35-37-39-53-40-43(41-54-57(51,52)55-42-44(47)46(49)50)56-45(48)38-36-34-32-30-28-26-24-22-20-18-16-14-12-10-8-6-4-2/h12,14,17-20,43-44H,3-11,13,15-16,21-42,47H2,1-2H3,(H,49,50)(H,51,52)/b14-12-,19-17-,20-18-. The van der Waals surface area contributed by atoms with E-state index in [-0.39, 0.29) is 13.0 Å². The van der Waals surface area contributed by atoms with Crippen LogP contribution in [0.2, 0.25) is 0 Å². The molecule has 0 spiro atoms. The van der Waals surface area contributed by atoms with Crippen LogP contribution in [0, 0.1) is 0 Å². The van der Waals surface area contributed by atoms with E-state index in [0.717, 1.165) is 51.4 Å². The van der Waals surface area contributed by atoms with Gasteiger partial charge in [0.2, 0.25) is 0 Å². The van der Waals surface area contributed by atoms with E-state index < -0.39 is 45.1 Å². The van der Waals surface area contributed by atoms with Gasteiger partial charge in [-0.15, -0.1) is 0 Å². The molecule has 0 saturated heterocycles. The molecule has 3 atom stereocenters. The molecule has 11 heteroatoms. The molecule has 0 radical (unpaired) electrons.